The summed E-state index contributed by atoms with van der Waals surface area (Å²) in [5.74, 6) is 0. The Morgan fingerprint density at radius 1 is 0.909 bits per heavy atom. The SMILES string of the molecule is CCCCc1ccc(-c2cccc3ccccc23)[n+](C)c1.[I-]. The summed E-state index contributed by atoms with van der Waals surface area (Å²) in [4.78, 5) is 0. The third-order valence-corrected chi connectivity index (χ3v) is 4.08. The van der Waals surface area contributed by atoms with Gasteiger partial charge in [-0.05, 0) is 35.7 Å². The van der Waals surface area contributed by atoms with Crippen molar-refractivity contribution in [2.45, 2.75) is 26.2 Å². The molecule has 0 bridgehead atoms. The number of benzene rings is 2. The van der Waals surface area contributed by atoms with Crippen molar-refractivity contribution in [2.75, 3.05) is 0 Å². The zero-order chi connectivity index (χ0) is 14.7. The van der Waals surface area contributed by atoms with E-state index in [4.69, 9.17) is 0 Å². The van der Waals surface area contributed by atoms with Gasteiger partial charge in [0, 0.05) is 11.6 Å². The van der Waals surface area contributed by atoms with Gasteiger partial charge in [-0.3, -0.25) is 0 Å². The van der Waals surface area contributed by atoms with E-state index in [1.807, 2.05) is 0 Å². The molecule has 0 atom stereocenters. The van der Waals surface area contributed by atoms with E-state index in [2.05, 4.69) is 79.3 Å². The molecule has 0 saturated carbocycles. The fourth-order valence-corrected chi connectivity index (χ4v) is 2.92. The van der Waals surface area contributed by atoms with Gasteiger partial charge in [0.1, 0.15) is 7.05 Å². The van der Waals surface area contributed by atoms with E-state index in [1.165, 1.54) is 46.9 Å². The predicted molar refractivity (Wildman–Crippen MR) is 89.2 cm³/mol. The van der Waals surface area contributed by atoms with E-state index in [1.54, 1.807) is 0 Å². The molecule has 0 aliphatic heterocycles. The summed E-state index contributed by atoms with van der Waals surface area (Å²) in [5, 5.41) is 2.61. The molecule has 0 fully saturated rings. The molecule has 1 aromatic heterocycles. The number of rotatable bonds is 4. The maximum atomic E-state index is 2.27. The Bertz CT molecular complexity index is 759. The van der Waals surface area contributed by atoms with Gasteiger partial charge in [-0.15, -0.1) is 0 Å². The van der Waals surface area contributed by atoms with Crippen LogP contribution in [-0.4, -0.2) is 0 Å². The molecule has 0 N–H and O–H groups in total. The molecule has 1 heterocycles. The molecule has 0 spiro atoms. The molecule has 0 amide bonds. The van der Waals surface area contributed by atoms with E-state index in [0.717, 1.165) is 0 Å². The highest BCUT2D eigenvalue weighted by atomic mass is 127. The van der Waals surface area contributed by atoms with Gasteiger partial charge in [0.05, 0.1) is 5.56 Å². The molecule has 2 heteroatoms. The molecule has 0 unspecified atom stereocenters. The van der Waals surface area contributed by atoms with Crippen LogP contribution in [-0.2, 0) is 13.5 Å². The van der Waals surface area contributed by atoms with Crippen molar-refractivity contribution in [3.63, 3.8) is 0 Å². The first-order valence-electron chi connectivity index (χ1n) is 7.76. The lowest BCUT2D eigenvalue weighted by molar-refractivity contribution is -0.660. The van der Waals surface area contributed by atoms with Crippen LogP contribution in [0.25, 0.3) is 22.0 Å². The minimum Gasteiger partial charge on any atom is -1.00 e. The van der Waals surface area contributed by atoms with Gasteiger partial charge in [-0.25, -0.2) is 4.57 Å². The second kappa shape index (κ2) is 7.73. The van der Waals surface area contributed by atoms with Gasteiger partial charge in [0.15, 0.2) is 6.20 Å². The fraction of sp³-hybridized carbons (Fsp3) is 0.250. The summed E-state index contributed by atoms with van der Waals surface area (Å²) < 4.78 is 2.26. The van der Waals surface area contributed by atoms with Crippen LogP contribution < -0.4 is 28.5 Å². The highest BCUT2D eigenvalue weighted by Crippen LogP contribution is 2.26. The van der Waals surface area contributed by atoms with Crippen LogP contribution in [0.1, 0.15) is 25.3 Å². The lowest BCUT2D eigenvalue weighted by Crippen LogP contribution is -3.00. The molecule has 2 aromatic carbocycles. The summed E-state index contributed by atoms with van der Waals surface area (Å²) >= 11 is 0. The lowest BCUT2D eigenvalue weighted by Gasteiger charge is -2.06. The number of hydrogen-bond acceptors (Lipinski definition) is 0. The van der Waals surface area contributed by atoms with Crippen molar-refractivity contribution in [1.29, 1.82) is 0 Å². The predicted octanol–water partition coefficient (Wildman–Crippen LogP) is 1.68. The first-order chi connectivity index (χ1) is 10.3. The number of aryl methyl sites for hydroxylation is 2. The molecule has 0 radical (unpaired) electrons. The molecule has 0 saturated heterocycles. The summed E-state index contributed by atoms with van der Waals surface area (Å²) in [6.07, 6.45) is 5.94. The van der Waals surface area contributed by atoms with Crippen LogP contribution in [0.15, 0.2) is 60.8 Å². The third-order valence-electron chi connectivity index (χ3n) is 4.08. The van der Waals surface area contributed by atoms with Gasteiger partial charge in [0.2, 0.25) is 5.69 Å². The van der Waals surface area contributed by atoms with Crippen molar-refractivity contribution in [2.24, 2.45) is 7.05 Å². The Hall–Kier alpha value is -1.42. The standard InChI is InChI=1S/C20H22N.HI/c1-3-4-8-16-13-14-20(21(2)15-16)19-12-7-10-17-9-5-6-11-18(17)19;/h5-7,9-15H,3-4,8H2,1-2H3;1H/q+1;/p-1. The van der Waals surface area contributed by atoms with Crippen molar-refractivity contribution in [1.82, 2.24) is 0 Å². The molecule has 0 aliphatic rings. The quantitative estimate of drug-likeness (QED) is 0.461. The van der Waals surface area contributed by atoms with Crippen molar-refractivity contribution >= 4 is 10.8 Å². The van der Waals surface area contributed by atoms with Crippen molar-refractivity contribution in [3.8, 4) is 11.3 Å². The smallest absolute Gasteiger partial charge is 0.212 e. The average molecular weight is 403 g/mol. The van der Waals surface area contributed by atoms with Gasteiger partial charge in [-0.1, -0.05) is 49.7 Å². The minimum atomic E-state index is 0. The topological polar surface area (TPSA) is 3.88 Å². The van der Waals surface area contributed by atoms with Crippen LogP contribution in [0.2, 0.25) is 0 Å². The van der Waals surface area contributed by atoms with Crippen LogP contribution in [0.5, 0.6) is 0 Å². The maximum Gasteiger partial charge on any atom is 0.212 e. The molecule has 0 aliphatic carbocycles. The summed E-state index contributed by atoms with van der Waals surface area (Å²) in [7, 11) is 2.15. The summed E-state index contributed by atoms with van der Waals surface area (Å²) in [6, 6.07) is 19.6. The van der Waals surface area contributed by atoms with E-state index in [-0.39, 0.29) is 24.0 Å². The number of hydrogen-bond donors (Lipinski definition) is 0. The minimum absolute atomic E-state index is 0. The monoisotopic (exact) mass is 403 g/mol. The number of fused-ring (bicyclic) bond motifs is 1. The molecule has 3 aromatic rings. The average Bonchev–Trinajstić information content (AvgIpc) is 2.53. The molecule has 22 heavy (non-hydrogen) atoms. The van der Waals surface area contributed by atoms with E-state index < -0.39 is 0 Å². The van der Waals surface area contributed by atoms with Crippen molar-refractivity contribution in [3.05, 3.63) is 66.4 Å². The van der Waals surface area contributed by atoms with Gasteiger partial charge < -0.3 is 24.0 Å². The highest BCUT2D eigenvalue weighted by molar-refractivity contribution is 5.95. The fourth-order valence-electron chi connectivity index (χ4n) is 2.92. The number of halogens is 1. The summed E-state index contributed by atoms with van der Waals surface area (Å²) in [5.41, 5.74) is 3.99. The lowest BCUT2D eigenvalue weighted by atomic mass is 10.0. The maximum absolute atomic E-state index is 2.27. The van der Waals surface area contributed by atoms with Crippen LogP contribution >= 0.6 is 0 Å². The van der Waals surface area contributed by atoms with E-state index in [9.17, 15) is 0 Å². The van der Waals surface area contributed by atoms with E-state index in [0.29, 0.717) is 0 Å². The first-order valence-corrected chi connectivity index (χ1v) is 7.76. The van der Waals surface area contributed by atoms with E-state index >= 15 is 0 Å². The molecule has 114 valence electrons. The molecule has 1 nitrogen and oxygen atoms in total. The molecular weight excluding hydrogens is 381 g/mol. The Morgan fingerprint density at radius 3 is 2.45 bits per heavy atom. The number of pyridine rings is 1. The molecule has 3 rings (SSSR count). The number of nitrogens with zero attached hydrogens (tertiary/aromatic N) is 1. The largest absolute Gasteiger partial charge is 1.00 e. The normalized spacial score (nSPS) is 10.5. The number of unbranched alkanes of at least 4 members (excludes halogenated alkanes) is 1. The van der Waals surface area contributed by atoms with Gasteiger partial charge >= 0.3 is 0 Å². The zero-order valence-corrected chi connectivity index (χ0v) is 15.4. The molecular formula is C20H22IN. The summed E-state index contributed by atoms with van der Waals surface area (Å²) in [6.45, 7) is 2.24. The van der Waals surface area contributed by atoms with Crippen LogP contribution in [0, 0.1) is 0 Å². The van der Waals surface area contributed by atoms with Crippen LogP contribution in [0.3, 0.4) is 0 Å². The van der Waals surface area contributed by atoms with Gasteiger partial charge in [0.25, 0.3) is 0 Å². The first kappa shape index (κ1) is 16.9. The van der Waals surface area contributed by atoms with Crippen molar-refractivity contribution < 1.29 is 28.5 Å². The highest BCUT2D eigenvalue weighted by Gasteiger charge is 2.13. The van der Waals surface area contributed by atoms with Gasteiger partial charge in [-0.2, -0.15) is 0 Å². The Kier molecular flexibility index (Phi) is 5.95. The zero-order valence-electron chi connectivity index (χ0n) is 13.2. The Labute approximate surface area is 150 Å². The second-order valence-corrected chi connectivity index (χ2v) is 5.66. The Morgan fingerprint density at radius 2 is 1.68 bits per heavy atom. The Balaban J connectivity index is 0.00000176. The third kappa shape index (κ3) is 3.49. The van der Waals surface area contributed by atoms with Crippen LogP contribution in [0.4, 0.5) is 0 Å². The second-order valence-electron chi connectivity index (χ2n) is 5.66. The number of aromatic nitrogens is 1.